The number of aliphatic imine (C=N–C) groups is 1. The van der Waals surface area contributed by atoms with Crippen molar-refractivity contribution in [2.75, 3.05) is 0 Å². The van der Waals surface area contributed by atoms with Crippen LogP contribution in [0.15, 0.2) is 65.8 Å². The lowest BCUT2D eigenvalue weighted by Crippen LogP contribution is -2.38. The lowest BCUT2D eigenvalue weighted by Gasteiger charge is -2.31. The van der Waals surface area contributed by atoms with Crippen LogP contribution in [0.1, 0.15) is 43.6 Å². The van der Waals surface area contributed by atoms with Gasteiger partial charge in [-0.3, -0.25) is 15.1 Å². The number of rotatable bonds is 4. The number of hydrogen-bond donors (Lipinski definition) is 2. The predicted octanol–water partition coefficient (Wildman–Crippen LogP) is 4.54. The third-order valence-corrected chi connectivity index (χ3v) is 5.39. The molecule has 3 aromatic rings. The minimum Gasteiger partial charge on any atom is -0.369 e. The van der Waals surface area contributed by atoms with Crippen LogP contribution in [0, 0.1) is 5.92 Å². The molecule has 0 bridgehead atoms. The van der Waals surface area contributed by atoms with Crippen molar-refractivity contribution >= 4 is 28.5 Å². The number of para-hydroxylation sites is 2. The van der Waals surface area contributed by atoms with Gasteiger partial charge in [-0.05, 0) is 35.1 Å². The van der Waals surface area contributed by atoms with Crippen molar-refractivity contribution in [2.45, 2.75) is 33.1 Å². The smallest absolute Gasteiger partial charge is 0.258 e. The Morgan fingerprint density at radius 1 is 1.07 bits per heavy atom. The summed E-state index contributed by atoms with van der Waals surface area (Å²) in [4.78, 5) is 22.1. The Balaban J connectivity index is 2.07. The van der Waals surface area contributed by atoms with Gasteiger partial charge in [0.15, 0.2) is 0 Å². The molecule has 1 amide bonds. The fourth-order valence-corrected chi connectivity index (χ4v) is 3.03. The van der Waals surface area contributed by atoms with E-state index in [2.05, 4.69) is 43.0 Å². The van der Waals surface area contributed by atoms with Crippen molar-refractivity contribution in [3.05, 3.63) is 71.9 Å². The molecule has 144 valence electrons. The Kier molecular flexibility index (Phi) is 5.45. The molecule has 0 atom stereocenters. The van der Waals surface area contributed by atoms with E-state index in [-0.39, 0.29) is 17.3 Å². The topological polar surface area (TPSA) is 80.4 Å². The van der Waals surface area contributed by atoms with Gasteiger partial charge < -0.3 is 5.73 Å². The number of nitrogens with zero attached hydrogens (tertiary/aromatic N) is 2. The highest BCUT2D eigenvalue weighted by Crippen LogP contribution is 2.35. The van der Waals surface area contributed by atoms with Crippen LogP contribution in [0.2, 0.25) is 0 Å². The maximum absolute atomic E-state index is 13.2. The highest BCUT2D eigenvalue weighted by Gasteiger charge is 2.31. The van der Waals surface area contributed by atoms with Crippen LogP contribution in [-0.2, 0) is 5.41 Å². The molecule has 0 spiro atoms. The fourth-order valence-electron chi connectivity index (χ4n) is 3.03. The maximum atomic E-state index is 13.2. The summed E-state index contributed by atoms with van der Waals surface area (Å²) in [7, 11) is 0. The zero-order valence-electron chi connectivity index (χ0n) is 16.7. The number of aromatic nitrogens is 1. The van der Waals surface area contributed by atoms with E-state index in [1.54, 1.807) is 0 Å². The van der Waals surface area contributed by atoms with Gasteiger partial charge in [-0.2, -0.15) is 0 Å². The predicted molar refractivity (Wildman–Crippen MR) is 115 cm³/mol. The molecule has 0 unspecified atom stereocenters. The number of nitrogens with two attached hydrogens (primary N) is 1. The summed E-state index contributed by atoms with van der Waals surface area (Å²) in [6.07, 6.45) is 1.81. The molecule has 28 heavy (non-hydrogen) atoms. The molecular weight excluding hydrogens is 348 g/mol. The summed E-state index contributed by atoms with van der Waals surface area (Å²) in [6.45, 7) is 8.54. The van der Waals surface area contributed by atoms with E-state index in [4.69, 9.17) is 5.73 Å². The minimum atomic E-state index is -0.278. The third kappa shape index (κ3) is 3.88. The summed E-state index contributed by atoms with van der Waals surface area (Å²) in [5, 5.41) is 3.55. The van der Waals surface area contributed by atoms with Gasteiger partial charge in [-0.15, -0.1) is 0 Å². The van der Waals surface area contributed by atoms with Crippen LogP contribution in [0.25, 0.3) is 10.9 Å². The van der Waals surface area contributed by atoms with E-state index in [9.17, 15) is 4.79 Å². The van der Waals surface area contributed by atoms with Gasteiger partial charge in [-0.25, -0.2) is 4.99 Å². The molecule has 5 heteroatoms. The van der Waals surface area contributed by atoms with Crippen molar-refractivity contribution in [2.24, 2.45) is 16.6 Å². The maximum Gasteiger partial charge on any atom is 0.258 e. The molecular formula is C23H26N4O. The van der Waals surface area contributed by atoms with Crippen LogP contribution < -0.4 is 11.1 Å². The van der Waals surface area contributed by atoms with Crippen LogP contribution in [-0.4, -0.2) is 16.9 Å². The average Bonchev–Trinajstić information content (AvgIpc) is 2.67. The molecule has 3 N–H and O–H groups in total. The summed E-state index contributed by atoms with van der Waals surface area (Å²) in [5.74, 6) is 0.0993. The molecule has 0 saturated carbocycles. The second kappa shape index (κ2) is 7.80. The second-order valence-corrected chi connectivity index (χ2v) is 7.73. The SMILES string of the molecule is CC(C)C(C)(C)c1cnc2ccccc2c1C(=O)NC(N)=Nc1ccccc1. The van der Waals surface area contributed by atoms with E-state index >= 15 is 0 Å². The van der Waals surface area contributed by atoms with Crippen molar-refractivity contribution in [3.63, 3.8) is 0 Å². The summed E-state index contributed by atoms with van der Waals surface area (Å²) < 4.78 is 0. The van der Waals surface area contributed by atoms with E-state index in [0.29, 0.717) is 17.2 Å². The Morgan fingerprint density at radius 3 is 2.39 bits per heavy atom. The first-order chi connectivity index (χ1) is 13.3. The number of amides is 1. The quantitative estimate of drug-likeness (QED) is 0.519. The number of nitrogens with one attached hydrogen (secondary N) is 1. The molecule has 0 aliphatic rings. The zero-order chi connectivity index (χ0) is 20.3. The van der Waals surface area contributed by atoms with Crippen LogP contribution >= 0.6 is 0 Å². The van der Waals surface area contributed by atoms with Gasteiger partial charge in [0, 0.05) is 11.6 Å². The molecule has 0 aliphatic carbocycles. The molecule has 5 nitrogen and oxygen atoms in total. The van der Waals surface area contributed by atoms with Crippen molar-refractivity contribution < 1.29 is 4.79 Å². The van der Waals surface area contributed by atoms with Gasteiger partial charge in [0.25, 0.3) is 5.91 Å². The Hall–Kier alpha value is -3.21. The average molecular weight is 374 g/mol. The molecule has 1 heterocycles. The van der Waals surface area contributed by atoms with Gasteiger partial charge in [0.05, 0.1) is 16.8 Å². The summed E-state index contributed by atoms with van der Waals surface area (Å²) >= 11 is 0. The minimum absolute atomic E-state index is 0.0606. The number of carbonyl (C=O) groups is 1. The zero-order valence-corrected chi connectivity index (χ0v) is 16.7. The monoisotopic (exact) mass is 374 g/mol. The molecule has 2 aromatic carbocycles. The first-order valence-electron chi connectivity index (χ1n) is 9.39. The molecule has 0 saturated heterocycles. The van der Waals surface area contributed by atoms with Crippen LogP contribution in [0.5, 0.6) is 0 Å². The summed E-state index contributed by atoms with van der Waals surface area (Å²) in [5.41, 5.74) is 8.71. The molecule has 1 aromatic heterocycles. The summed E-state index contributed by atoms with van der Waals surface area (Å²) in [6, 6.07) is 16.9. The van der Waals surface area contributed by atoms with E-state index in [0.717, 1.165) is 16.5 Å². The number of pyridine rings is 1. The fraction of sp³-hybridized carbons (Fsp3) is 0.261. The standard InChI is InChI=1S/C23H26N4O/c1-15(2)23(3,4)18-14-25-19-13-9-8-12-17(19)20(18)21(28)27-22(24)26-16-10-6-5-7-11-16/h5-15H,1-4H3,(H3,24,26,27,28). The highest BCUT2D eigenvalue weighted by atomic mass is 16.1. The van der Waals surface area contributed by atoms with Crippen molar-refractivity contribution in [3.8, 4) is 0 Å². The molecule has 3 rings (SSSR count). The molecule has 0 radical (unpaired) electrons. The van der Waals surface area contributed by atoms with Crippen LogP contribution in [0.4, 0.5) is 5.69 Å². The number of hydrogen-bond acceptors (Lipinski definition) is 3. The number of guanidine groups is 1. The first-order valence-corrected chi connectivity index (χ1v) is 9.39. The van der Waals surface area contributed by atoms with Gasteiger partial charge in [0.1, 0.15) is 0 Å². The number of carbonyl (C=O) groups excluding carboxylic acids is 1. The molecule has 0 fully saturated rings. The van der Waals surface area contributed by atoms with E-state index < -0.39 is 0 Å². The lowest BCUT2D eigenvalue weighted by atomic mass is 9.73. The largest absolute Gasteiger partial charge is 0.369 e. The van der Waals surface area contributed by atoms with Gasteiger partial charge >= 0.3 is 0 Å². The number of fused-ring (bicyclic) bond motifs is 1. The molecule has 0 aliphatic heterocycles. The highest BCUT2D eigenvalue weighted by molar-refractivity contribution is 6.13. The Morgan fingerprint density at radius 2 is 1.71 bits per heavy atom. The Labute approximate surface area is 165 Å². The van der Waals surface area contributed by atoms with Crippen molar-refractivity contribution in [1.82, 2.24) is 10.3 Å². The lowest BCUT2D eigenvalue weighted by molar-refractivity contribution is 0.0975. The van der Waals surface area contributed by atoms with Gasteiger partial charge in [-0.1, -0.05) is 64.1 Å². The van der Waals surface area contributed by atoms with Crippen molar-refractivity contribution in [1.29, 1.82) is 0 Å². The van der Waals surface area contributed by atoms with Crippen LogP contribution in [0.3, 0.4) is 0 Å². The van der Waals surface area contributed by atoms with E-state index in [1.165, 1.54) is 0 Å². The normalized spacial score (nSPS) is 12.4. The first kappa shape index (κ1) is 19.5. The second-order valence-electron chi connectivity index (χ2n) is 7.73. The third-order valence-electron chi connectivity index (χ3n) is 5.39. The van der Waals surface area contributed by atoms with E-state index in [1.807, 2.05) is 60.8 Å². The Bertz CT molecular complexity index is 1020. The number of benzene rings is 2. The van der Waals surface area contributed by atoms with Gasteiger partial charge in [0.2, 0.25) is 5.96 Å².